The standard InChI is InChI=1S/C11H16O4/c1-4-14-10(12)6-8-5-9(15-7-8)11(2,3)13/h5,7,13H,4,6H2,1-3H3. The molecular weight excluding hydrogens is 196 g/mol. The van der Waals surface area contributed by atoms with Gasteiger partial charge >= 0.3 is 5.97 Å². The minimum absolute atomic E-state index is 0.174. The van der Waals surface area contributed by atoms with Crippen LogP contribution < -0.4 is 0 Å². The molecule has 0 radical (unpaired) electrons. The predicted octanol–water partition coefficient (Wildman–Crippen LogP) is 1.61. The molecule has 0 saturated heterocycles. The molecule has 1 heterocycles. The predicted molar refractivity (Wildman–Crippen MR) is 54.3 cm³/mol. The zero-order chi connectivity index (χ0) is 11.5. The Hall–Kier alpha value is -1.29. The van der Waals surface area contributed by atoms with Crippen molar-refractivity contribution in [2.24, 2.45) is 0 Å². The van der Waals surface area contributed by atoms with Crippen LogP contribution in [0.1, 0.15) is 32.1 Å². The maximum Gasteiger partial charge on any atom is 0.310 e. The summed E-state index contributed by atoms with van der Waals surface area (Å²) >= 11 is 0. The molecule has 0 atom stereocenters. The van der Waals surface area contributed by atoms with Crippen LogP contribution in [0.2, 0.25) is 0 Å². The van der Waals surface area contributed by atoms with Crippen molar-refractivity contribution < 1.29 is 19.1 Å². The van der Waals surface area contributed by atoms with Gasteiger partial charge in [0.25, 0.3) is 0 Å². The topological polar surface area (TPSA) is 59.7 Å². The van der Waals surface area contributed by atoms with E-state index in [1.54, 1.807) is 26.8 Å². The first-order chi connectivity index (χ1) is 6.93. The van der Waals surface area contributed by atoms with E-state index in [9.17, 15) is 9.90 Å². The molecule has 0 aliphatic carbocycles. The second-order valence-electron chi connectivity index (χ2n) is 3.86. The van der Waals surface area contributed by atoms with Gasteiger partial charge in [-0.05, 0) is 26.8 Å². The second kappa shape index (κ2) is 4.49. The molecular formula is C11H16O4. The molecule has 1 N–H and O–H groups in total. The van der Waals surface area contributed by atoms with Crippen LogP contribution in [0, 0.1) is 0 Å². The minimum Gasteiger partial charge on any atom is -0.466 e. The van der Waals surface area contributed by atoms with Crippen molar-refractivity contribution in [2.75, 3.05) is 6.61 Å². The minimum atomic E-state index is -1.02. The van der Waals surface area contributed by atoms with E-state index in [4.69, 9.17) is 9.15 Å². The molecule has 1 aromatic heterocycles. The van der Waals surface area contributed by atoms with E-state index >= 15 is 0 Å². The van der Waals surface area contributed by atoms with Crippen molar-refractivity contribution in [2.45, 2.75) is 32.8 Å². The molecule has 0 bridgehead atoms. The molecule has 0 unspecified atom stereocenters. The molecule has 15 heavy (non-hydrogen) atoms. The highest BCUT2D eigenvalue weighted by Gasteiger charge is 2.21. The van der Waals surface area contributed by atoms with E-state index < -0.39 is 5.60 Å². The molecule has 1 aromatic rings. The zero-order valence-electron chi connectivity index (χ0n) is 9.24. The lowest BCUT2D eigenvalue weighted by Gasteiger charge is -2.12. The van der Waals surface area contributed by atoms with Crippen molar-refractivity contribution in [3.05, 3.63) is 23.7 Å². The Kier molecular flexibility index (Phi) is 3.52. The van der Waals surface area contributed by atoms with Gasteiger partial charge in [-0.15, -0.1) is 0 Å². The Bertz CT molecular complexity index is 333. The third-order valence-corrected chi connectivity index (χ3v) is 1.91. The lowest BCUT2D eigenvalue weighted by Crippen LogP contribution is -2.14. The smallest absolute Gasteiger partial charge is 0.310 e. The summed E-state index contributed by atoms with van der Waals surface area (Å²) < 4.78 is 9.95. The van der Waals surface area contributed by atoms with Crippen LogP contribution in [0.5, 0.6) is 0 Å². The summed E-state index contributed by atoms with van der Waals surface area (Å²) in [5.74, 6) is 0.155. The quantitative estimate of drug-likeness (QED) is 0.770. The van der Waals surface area contributed by atoms with Gasteiger partial charge in [-0.1, -0.05) is 0 Å². The molecule has 0 aliphatic rings. The van der Waals surface area contributed by atoms with Gasteiger partial charge in [0.2, 0.25) is 0 Å². The Morgan fingerprint density at radius 2 is 2.27 bits per heavy atom. The lowest BCUT2D eigenvalue weighted by atomic mass is 10.1. The fraction of sp³-hybridized carbons (Fsp3) is 0.545. The van der Waals surface area contributed by atoms with E-state index in [1.165, 1.54) is 6.26 Å². The Morgan fingerprint density at radius 3 is 2.73 bits per heavy atom. The number of rotatable bonds is 4. The first-order valence-corrected chi connectivity index (χ1v) is 4.89. The third-order valence-electron chi connectivity index (χ3n) is 1.91. The number of carbonyl (C=O) groups is 1. The third kappa shape index (κ3) is 3.40. The highest BCUT2D eigenvalue weighted by molar-refractivity contribution is 5.72. The monoisotopic (exact) mass is 212 g/mol. The molecule has 1 rings (SSSR count). The maximum atomic E-state index is 11.1. The normalized spacial score (nSPS) is 11.5. The molecule has 0 amide bonds. The van der Waals surface area contributed by atoms with Crippen LogP contribution in [0.4, 0.5) is 0 Å². The van der Waals surface area contributed by atoms with Gasteiger partial charge in [-0.2, -0.15) is 0 Å². The second-order valence-corrected chi connectivity index (χ2v) is 3.86. The molecule has 4 heteroatoms. The average Bonchev–Trinajstić information content (AvgIpc) is 2.52. The first kappa shape index (κ1) is 11.8. The van der Waals surface area contributed by atoms with Gasteiger partial charge in [0, 0.05) is 5.56 Å². The van der Waals surface area contributed by atoms with Crippen LogP contribution >= 0.6 is 0 Å². The van der Waals surface area contributed by atoms with E-state index in [0.29, 0.717) is 17.9 Å². The molecule has 0 fully saturated rings. The Morgan fingerprint density at radius 1 is 1.60 bits per heavy atom. The summed E-state index contributed by atoms with van der Waals surface area (Å²) in [7, 11) is 0. The highest BCUT2D eigenvalue weighted by Crippen LogP contribution is 2.22. The van der Waals surface area contributed by atoms with Crippen LogP contribution in [-0.2, 0) is 21.6 Å². The fourth-order valence-corrected chi connectivity index (χ4v) is 1.17. The van der Waals surface area contributed by atoms with E-state index in [1.807, 2.05) is 0 Å². The van der Waals surface area contributed by atoms with Crippen molar-refractivity contribution >= 4 is 5.97 Å². The summed E-state index contributed by atoms with van der Waals surface area (Å²) in [4.78, 5) is 11.1. The van der Waals surface area contributed by atoms with Gasteiger partial charge in [-0.3, -0.25) is 4.79 Å². The summed E-state index contributed by atoms with van der Waals surface area (Å²) in [5.41, 5.74) is -0.307. The van der Waals surface area contributed by atoms with Crippen molar-refractivity contribution in [3.63, 3.8) is 0 Å². The number of hydrogen-bond donors (Lipinski definition) is 1. The number of esters is 1. The summed E-state index contributed by atoms with van der Waals surface area (Å²) in [6, 6.07) is 1.66. The highest BCUT2D eigenvalue weighted by atomic mass is 16.5. The molecule has 4 nitrogen and oxygen atoms in total. The Balaban J connectivity index is 2.65. The van der Waals surface area contributed by atoms with Gasteiger partial charge in [-0.25, -0.2) is 0 Å². The van der Waals surface area contributed by atoms with Crippen LogP contribution in [0.25, 0.3) is 0 Å². The molecule has 0 spiro atoms. The first-order valence-electron chi connectivity index (χ1n) is 4.89. The number of aliphatic hydroxyl groups is 1. The number of carbonyl (C=O) groups excluding carboxylic acids is 1. The largest absolute Gasteiger partial charge is 0.466 e. The molecule has 0 aromatic carbocycles. The van der Waals surface area contributed by atoms with Crippen molar-refractivity contribution in [1.29, 1.82) is 0 Å². The van der Waals surface area contributed by atoms with Gasteiger partial charge < -0.3 is 14.3 Å². The molecule has 84 valence electrons. The lowest BCUT2D eigenvalue weighted by molar-refractivity contribution is -0.142. The average molecular weight is 212 g/mol. The van der Waals surface area contributed by atoms with Crippen LogP contribution in [0.3, 0.4) is 0 Å². The van der Waals surface area contributed by atoms with Gasteiger partial charge in [0.1, 0.15) is 11.4 Å². The van der Waals surface area contributed by atoms with E-state index in [-0.39, 0.29) is 12.4 Å². The van der Waals surface area contributed by atoms with E-state index in [2.05, 4.69) is 0 Å². The van der Waals surface area contributed by atoms with Crippen LogP contribution in [0.15, 0.2) is 16.7 Å². The van der Waals surface area contributed by atoms with Crippen LogP contribution in [-0.4, -0.2) is 17.7 Å². The van der Waals surface area contributed by atoms with Crippen molar-refractivity contribution in [3.8, 4) is 0 Å². The molecule has 0 aliphatic heterocycles. The van der Waals surface area contributed by atoms with Crippen molar-refractivity contribution in [1.82, 2.24) is 0 Å². The summed E-state index contributed by atoms with van der Waals surface area (Å²) in [6.07, 6.45) is 1.64. The summed E-state index contributed by atoms with van der Waals surface area (Å²) in [6.45, 7) is 5.38. The van der Waals surface area contributed by atoms with Gasteiger partial charge in [0.05, 0.1) is 19.3 Å². The summed E-state index contributed by atoms with van der Waals surface area (Å²) in [5, 5.41) is 9.63. The molecule has 0 saturated carbocycles. The SMILES string of the molecule is CCOC(=O)Cc1coc(C(C)(C)O)c1. The number of hydrogen-bond acceptors (Lipinski definition) is 4. The number of ether oxygens (including phenoxy) is 1. The maximum absolute atomic E-state index is 11.1. The zero-order valence-corrected chi connectivity index (χ0v) is 9.24. The van der Waals surface area contributed by atoms with E-state index in [0.717, 1.165) is 0 Å². The fourth-order valence-electron chi connectivity index (χ4n) is 1.17. The van der Waals surface area contributed by atoms with Gasteiger partial charge in [0.15, 0.2) is 0 Å². The Labute approximate surface area is 88.8 Å². The number of furan rings is 1.